The van der Waals surface area contributed by atoms with Crippen LogP contribution >= 0.6 is 7.92 Å². The van der Waals surface area contributed by atoms with E-state index in [1.165, 1.54) is 77.0 Å². The minimum Gasteiger partial charge on any atom is -0.107 e. The van der Waals surface area contributed by atoms with Crippen LogP contribution in [0.5, 0.6) is 0 Å². The maximum Gasteiger partial charge on any atom is -0.0326 e. The second kappa shape index (κ2) is 16.5. The topological polar surface area (TPSA) is 0 Å². The Hall–Kier alpha value is 0.430. The van der Waals surface area contributed by atoms with E-state index in [0.29, 0.717) is 7.92 Å². The molecule has 116 valence electrons. The lowest BCUT2D eigenvalue weighted by Gasteiger charge is -2.17. The van der Waals surface area contributed by atoms with E-state index in [-0.39, 0.29) is 0 Å². The first-order valence-electron chi connectivity index (χ1n) is 9.07. The SMILES string of the molecule is CCCCCCCP(CCCC)CCCCCCC. The van der Waals surface area contributed by atoms with Gasteiger partial charge in [-0.05, 0) is 37.7 Å². The lowest BCUT2D eigenvalue weighted by Crippen LogP contribution is -1.96. The van der Waals surface area contributed by atoms with Crippen molar-refractivity contribution in [2.24, 2.45) is 0 Å². The minimum absolute atomic E-state index is 0.392. The zero-order valence-electron chi connectivity index (χ0n) is 14.1. The van der Waals surface area contributed by atoms with Crippen molar-refractivity contribution in [3.8, 4) is 0 Å². The lowest BCUT2D eigenvalue weighted by atomic mass is 10.2. The highest BCUT2D eigenvalue weighted by Crippen LogP contribution is 2.39. The van der Waals surface area contributed by atoms with Gasteiger partial charge in [-0.2, -0.15) is 0 Å². The molecule has 0 saturated heterocycles. The van der Waals surface area contributed by atoms with Gasteiger partial charge in [0.2, 0.25) is 0 Å². The summed E-state index contributed by atoms with van der Waals surface area (Å²) in [6, 6.07) is 0. The van der Waals surface area contributed by atoms with Crippen LogP contribution in [0.25, 0.3) is 0 Å². The van der Waals surface area contributed by atoms with Gasteiger partial charge in [-0.1, -0.05) is 78.6 Å². The Labute approximate surface area is 124 Å². The zero-order chi connectivity index (χ0) is 14.2. The quantitative estimate of drug-likeness (QED) is 0.220. The number of hydrogen-bond acceptors (Lipinski definition) is 0. The summed E-state index contributed by atoms with van der Waals surface area (Å²) in [4.78, 5) is 0. The Morgan fingerprint density at radius 2 is 0.789 bits per heavy atom. The summed E-state index contributed by atoms with van der Waals surface area (Å²) in [5.74, 6) is 0. The average Bonchev–Trinajstić information content (AvgIpc) is 2.43. The van der Waals surface area contributed by atoms with Crippen LogP contribution in [0.2, 0.25) is 0 Å². The number of unbranched alkanes of at least 4 members (excludes halogenated alkanes) is 9. The maximum atomic E-state index is 2.34. The van der Waals surface area contributed by atoms with Gasteiger partial charge in [0, 0.05) is 0 Å². The van der Waals surface area contributed by atoms with Crippen LogP contribution in [0.3, 0.4) is 0 Å². The molecule has 0 aliphatic carbocycles. The molecular formula is C18H39P. The molecule has 0 saturated carbocycles. The Balaban J connectivity index is 3.57. The minimum atomic E-state index is 0.392. The highest BCUT2D eigenvalue weighted by atomic mass is 31.1. The monoisotopic (exact) mass is 286 g/mol. The van der Waals surface area contributed by atoms with Crippen molar-refractivity contribution in [3.63, 3.8) is 0 Å². The molecule has 1 heteroatoms. The average molecular weight is 286 g/mol. The Morgan fingerprint density at radius 1 is 0.421 bits per heavy atom. The zero-order valence-corrected chi connectivity index (χ0v) is 14.9. The largest absolute Gasteiger partial charge is 0.107 e. The van der Waals surface area contributed by atoms with Crippen LogP contribution in [-0.4, -0.2) is 18.5 Å². The predicted molar refractivity (Wildman–Crippen MR) is 93.9 cm³/mol. The molecule has 0 atom stereocenters. The van der Waals surface area contributed by atoms with E-state index in [4.69, 9.17) is 0 Å². The Morgan fingerprint density at radius 3 is 1.21 bits per heavy atom. The summed E-state index contributed by atoms with van der Waals surface area (Å²) in [6.45, 7) is 6.96. The maximum absolute atomic E-state index is 2.34. The molecule has 0 aliphatic rings. The van der Waals surface area contributed by atoms with Crippen molar-refractivity contribution in [1.82, 2.24) is 0 Å². The summed E-state index contributed by atoms with van der Waals surface area (Å²) < 4.78 is 0. The van der Waals surface area contributed by atoms with Crippen molar-refractivity contribution in [1.29, 1.82) is 0 Å². The molecule has 19 heavy (non-hydrogen) atoms. The molecule has 0 radical (unpaired) electrons. The van der Waals surface area contributed by atoms with Gasteiger partial charge < -0.3 is 0 Å². The van der Waals surface area contributed by atoms with E-state index in [1.807, 2.05) is 0 Å². The van der Waals surface area contributed by atoms with Gasteiger partial charge >= 0.3 is 0 Å². The summed E-state index contributed by atoms with van der Waals surface area (Å²) in [6.07, 6.45) is 22.2. The third-order valence-electron chi connectivity index (χ3n) is 3.98. The molecular weight excluding hydrogens is 247 g/mol. The number of hydrogen-bond donors (Lipinski definition) is 0. The van der Waals surface area contributed by atoms with Gasteiger partial charge in [-0.3, -0.25) is 0 Å². The van der Waals surface area contributed by atoms with Crippen LogP contribution in [0.15, 0.2) is 0 Å². The Bertz CT molecular complexity index is 142. The second-order valence-corrected chi connectivity index (χ2v) is 8.71. The van der Waals surface area contributed by atoms with Crippen LogP contribution in [0, 0.1) is 0 Å². The Kier molecular flexibility index (Phi) is 16.9. The van der Waals surface area contributed by atoms with Crippen LogP contribution < -0.4 is 0 Å². The fourth-order valence-electron chi connectivity index (χ4n) is 2.60. The van der Waals surface area contributed by atoms with E-state index in [0.717, 1.165) is 0 Å². The van der Waals surface area contributed by atoms with E-state index in [9.17, 15) is 0 Å². The highest BCUT2D eigenvalue weighted by molar-refractivity contribution is 7.57. The summed E-state index contributed by atoms with van der Waals surface area (Å²) >= 11 is 0. The normalized spacial score (nSPS) is 11.4. The van der Waals surface area contributed by atoms with E-state index in [2.05, 4.69) is 20.8 Å². The van der Waals surface area contributed by atoms with Gasteiger partial charge in [0.05, 0.1) is 0 Å². The lowest BCUT2D eigenvalue weighted by molar-refractivity contribution is 0.651. The molecule has 0 amide bonds. The molecule has 0 aliphatic heterocycles. The summed E-state index contributed by atoms with van der Waals surface area (Å²) in [5, 5.41) is 0. The molecule has 0 rings (SSSR count). The summed E-state index contributed by atoms with van der Waals surface area (Å²) in [7, 11) is 0.392. The second-order valence-electron chi connectivity index (χ2n) is 6.02. The molecule has 0 N–H and O–H groups in total. The molecule has 0 bridgehead atoms. The molecule has 0 aromatic carbocycles. The third kappa shape index (κ3) is 14.6. The molecule has 0 spiro atoms. The first-order chi connectivity index (χ1) is 9.35. The molecule has 0 aromatic rings. The fourth-order valence-corrected chi connectivity index (χ4v) is 5.37. The van der Waals surface area contributed by atoms with Crippen molar-refractivity contribution in [2.75, 3.05) is 18.5 Å². The van der Waals surface area contributed by atoms with Gasteiger partial charge in [0.15, 0.2) is 0 Å². The van der Waals surface area contributed by atoms with Crippen LogP contribution in [0.4, 0.5) is 0 Å². The van der Waals surface area contributed by atoms with Gasteiger partial charge in [0.1, 0.15) is 0 Å². The first-order valence-corrected chi connectivity index (χ1v) is 11.0. The summed E-state index contributed by atoms with van der Waals surface area (Å²) in [5.41, 5.74) is 0. The van der Waals surface area contributed by atoms with E-state index >= 15 is 0 Å². The molecule has 0 nitrogen and oxygen atoms in total. The molecule has 0 aromatic heterocycles. The standard InChI is InChI=1S/C18H39P/c1-4-7-10-12-14-17-19(16-9-6-3)18-15-13-11-8-5-2/h4-18H2,1-3H3. The van der Waals surface area contributed by atoms with E-state index < -0.39 is 0 Å². The first kappa shape index (κ1) is 19.4. The van der Waals surface area contributed by atoms with Crippen LogP contribution in [0.1, 0.15) is 97.8 Å². The molecule has 0 unspecified atom stereocenters. The van der Waals surface area contributed by atoms with Crippen molar-refractivity contribution < 1.29 is 0 Å². The van der Waals surface area contributed by atoms with Crippen LogP contribution in [-0.2, 0) is 0 Å². The third-order valence-corrected chi connectivity index (χ3v) is 6.83. The van der Waals surface area contributed by atoms with Crippen molar-refractivity contribution in [2.45, 2.75) is 97.8 Å². The number of rotatable bonds is 15. The smallest absolute Gasteiger partial charge is 0.0326 e. The van der Waals surface area contributed by atoms with Gasteiger partial charge in [-0.25, -0.2) is 0 Å². The van der Waals surface area contributed by atoms with Gasteiger partial charge in [-0.15, -0.1) is 7.92 Å². The van der Waals surface area contributed by atoms with Gasteiger partial charge in [0.25, 0.3) is 0 Å². The fraction of sp³-hybridized carbons (Fsp3) is 1.00. The predicted octanol–water partition coefficient (Wildman–Crippen LogP) is 7.21. The molecule has 0 heterocycles. The highest BCUT2D eigenvalue weighted by Gasteiger charge is 2.06. The molecule has 0 fully saturated rings. The van der Waals surface area contributed by atoms with E-state index in [1.54, 1.807) is 18.5 Å². The van der Waals surface area contributed by atoms with Crippen molar-refractivity contribution >= 4 is 7.92 Å². The van der Waals surface area contributed by atoms with Crippen molar-refractivity contribution in [3.05, 3.63) is 0 Å².